The van der Waals surface area contributed by atoms with Gasteiger partial charge in [-0.1, -0.05) is 18.2 Å². The molecule has 1 aromatic carbocycles. The fourth-order valence-electron chi connectivity index (χ4n) is 1.33. The van der Waals surface area contributed by atoms with Crippen molar-refractivity contribution in [1.29, 1.82) is 0 Å². The molecule has 0 amide bonds. The van der Waals surface area contributed by atoms with Crippen molar-refractivity contribution in [2.75, 3.05) is 5.73 Å². The third-order valence-corrected chi connectivity index (χ3v) is 2.10. The van der Waals surface area contributed by atoms with Crippen molar-refractivity contribution in [2.24, 2.45) is 0 Å². The first-order chi connectivity index (χ1) is 7.29. The average molecular weight is 198 g/mol. The molecule has 0 saturated carbocycles. The van der Waals surface area contributed by atoms with Gasteiger partial charge in [0.25, 0.3) is 0 Å². The lowest BCUT2D eigenvalue weighted by atomic mass is 10.1. The lowest BCUT2D eigenvalue weighted by Crippen LogP contribution is -1.90. The van der Waals surface area contributed by atoms with Crippen LogP contribution in [0.4, 0.5) is 5.69 Å². The molecule has 2 N–H and O–H groups in total. The summed E-state index contributed by atoms with van der Waals surface area (Å²) >= 11 is 0. The SMILES string of the molecule is Nc1ccc(-c2cccc(C=O)n2)cc1. The van der Waals surface area contributed by atoms with Crippen LogP contribution in [-0.2, 0) is 0 Å². The number of aromatic nitrogens is 1. The second kappa shape index (κ2) is 3.92. The van der Waals surface area contributed by atoms with Gasteiger partial charge < -0.3 is 5.73 Å². The minimum atomic E-state index is 0.435. The molecule has 0 aliphatic carbocycles. The second-order valence-corrected chi connectivity index (χ2v) is 3.19. The molecule has 1 aromatic heterocycles. The molecule has 0 spiro atoms. The molecule has 0 aliphatic rings. The number of nitrogens with two attached hydrogens (primary N) is 1. The van der Waals surface area contributed by atoms with Gasteiger partial charge in [-0.15, -0.1) is 0 Å². The predicted octanol–water partition coefficient (Wildman–Crippen LogP) is 2.14. The highest BCUT2D eigenvalue weighted by Gasteiger charge is 1.99. The van der Waals surface area contributed by atoms with E-state index in [1.807, 2.05) is 36.4 Å². The highest BCUT2D eigenvalue weighted by atomic mass is 16.1. The zero-order valence-electron chi connectivity index (χ0n) is 8.05. The molecule has 0 unspecified atom stereocenters. The van der Waals surface area contributed by atoms with E-state index in [9.17, 15) is 4.79 Å². The number of hydrogen-bond acceptors (Lipinski definition) is 3. The van der Waals surface area contributed by atoms with Crippen LogP contribution in [0.1, 0.15) is 10.5 Å². The molecule has 3 heteroatoms. The first-order valence-corrected chi connectivity index (χ1v) is 4.58. The lowest BCUT2D eigenvalue weighted by molar-refractivity contribution is 0.111. The molecule has 0 radical (unpaired) electrons. The third-order valence-electron chi connectivity index (χ3n) is 2.10. The smallest absolute Gasteiger partial charge is 0.168 e. The zero-order chi connectivity index (χ0) is 10.7. The maximum atomic E-state index is 10.6. The van der Waals surface area contributed by atoms with Crippen LogP contribution in [0, 0.1) is 0 Å². The van der Waals surface area contributed by atoms with Crippen molar-refractivity contribution in [2.45, 2.75) is 0 Å². The number of rotatable bonds is 2. The van der Waals surface area contributed by atoms with Gasteiger partial charge in [0, 0.05) is 11.3 Å². The Labute approximate surface area is 87.6 Å². The van der Waals surface area contributed by atoms with Gasteiger partial charge in [-0.2, -0.15) is 0 Å². The summed E-state index contributed by atoms with van der Waals surface area (Å²) in [4.78, 5) is 14.7. The maximum Gasteiger partial charge on any atom is 0.168 e. The molecule has 2 rings (SSSR count). The lowest BCUT2D eigenvalue weighted by Gasteiger charge is -2.01. The highest BCUT2D eigenvalue weighted by Crippen LogP contribution is 2.18. The minimum absolute atomic E-state index is 0.435. The normalized spacial score (nSPS) is 9.87. The van der Waals surface area contributed by atoms with Crippen molar-refractivity contribution in [3.05, 3.63) is 48.2 Å². The summed E-state index contributed by atoms with van der Waals surface area (Å²) in [6.45, 7) is 0. The van der Waals surface area contributed by atoms with E-state index in [1.165, 1.54) is 0 Å². The zero-order valence-corrected chi connectivity index (χ0v) is 8.05. The molecule has 74 valence electrons. The molecule has 0 bridgehead atoms. The topological polar surface area (TPSA) is 56.0 Å². The maximum absolute atomic E-state index is 10.6. The van der Waals surface area contributed by atoms with E-state index in [0.29, 0.717) is 11.4 Å². The van der Waals surface area contributed by atoms with E-state index in [0.717, 1.165) is 17.5 Å². The van der Waals surface area contributed by atoms with Crippen LogP contribution in [0.15, 0.2) is 42.5 Å². The van der Waals surface area contributed by atoms with Crippen LogP contribution in [0.2, 0.25) is 0 Å². The summed E-state index contributed by atoms with van der Waals surface area (Å²) in [7, 11) is 0. The molecule has 0 fully saturated rings. The highest BCUT2D eigenvalue weighted by molar-refractivity contribution is 5.74. The number of carbonyl (C=O) groups excluding carboxylic acids is 1. The predicted molar refractivity (Wildman–Crippen MR) is 59.5 cm³/mol. The molecule has 2 aromatic rings. The Morgan fingerprint density at radius 3 is 2.47 bits per heavy atom. The number of carbonyl (C=O) groups is 1. The van der Waals surface area contributed by atoms with Crippen molar-refractivity contribution in [3.63, 3.8) is 0 Å². The minimum Gasteiger partial charge on any atom is -0.399 e. The van der Waals surface area contributed by atoms with Crippen molar-refractivity contribution >= 4 is 12.0 Å². The van der Waals surface area contributed by atoms with E-state index in [-0.39, 0.29) is 0 Å². The van der Waals surface area contributed by atoms with Crippen LogP contribution < -0.4 is 5.73 Å². The molecule has 3 nitrogen and oxygen atoms in total. The Balaban J connectivity index is 2.44. The van der Waals surface area contributed by atoms with E-state index in [2.05, 4.69) is 4.98 Å². The number of benzene rings is 1. The first-order valence-electron chi connectivity index (χ1n) is 4.58. The van der Waals surface area contributed by atoms with E-state index in [1.54, 1.807) is 6.07 Å². The van der Waals surface area contributed by atoms with Crippen LogP contribution in [0.5, 0.6) is 0 Å². The Kier molecular flexibility index (Phi) is 2.46. The summed E-state index contributed by atoms with van der Waals surface area (Å²) in [5.41, 5.74) is 8.46. The standard InChI is InChI=1S/C12H10N2O/c13-10-6-4-9(5-7-10)12-3-1-2-11(8-15)14-12/h1-8H,13H2. The molecular weight excluding hydrogens is 188 g/mol. The van der Waals surface area contributed by atoms with Gasteiger partial charge in [-0.25, -0.2) is 4.98 Å². The number of pyridine rings is 1. The fourth-order valence-corrected chi connectivity index (χ4v) is 1.33. The summed E-state index contributed by atoms with van der Waals surface area (Å²) < 4.78 is 0. The molecule has 1 heterocycles. The summed E-state index contributed by atoms with van der Waals surface area (Å²) in [5, 5.41) is 0. The third kappa shape index (κ3) is 2.02. The fraction of sp³-hybridized carbons (Fsp3) is 0. The Morgan fingerprint density at radius 1 is 1.07 bits per heavy atom. The summed E-state index contributed by atoms with van der Waals surface area (Å²) in [6, 6.07) is 12.7. The van der Waals surface area contributed by atoms with Gasteiger partial charge in [0.05, 0.1) is 5.69 Å². The average Bonchev–Trinajstić information content (AvgIpc) is 2.30. The van der Waals surface area contributed by atoms with Gasteiger partial charge in [0.15, 0.2) is 6.29 Å². The molecule has 15 heavy (non-hydrogen) atoms. The molecule has 0 aliphatic heterocycles. The second-order valence-electron chi connectivity index (χ2n) is 3.19. The largest absolute Gasteiger partial charge is 0.399 e. The first kappa shape index (κ1) is 9.40. The van der Waals surface area contributed by atoms with Crippen molar-refractivity contribution < 1.29 is 4.79 Å². The monoisotopic (exact) mass is 198 g/mol. The van der Waals surface area contributed by atoms with Crippen molar-refractivity contribution in [1.82, 2.24) is 4.98 Å². The van der Waals surface area contributed by atoms with Crippen LogP contribution in [-0.4, -0.2) is 11.3 Å². The van der Waals surface area contributed by atoms with Crippen molar-refractivity contribution in [3.8, 4) is 11.3 Å². The van der Waals surface area contributed by atoms with Crippen LogP contribution in [0.3, 0.4) is 0 Å². The molecule has 0 atom stereocenters. The number of nitrogen functional groups attached to an aromatic ring is 1. The van der Waals surface area contributed by atoms with Gasteiger partial charge in [-0.05, 0) is 24.3 Å². The van der Waals surface area contributed by atoms with Gasteiger partial charge >= 0.3 is 0 Å². The Hall–Kier alpha value is -2.16. The Bertz CT molecular complexity index is 477. The number of aldehydes is 1. The van der Waals surface area contributed by atoms with Crippen LogP contribution >= 0.6 is 0 Å². The van der Waals surface area contributed by atoms with Gasteiger partial charge in [0.2, 0.25) is 0 Å². The summed E-state index contributed by atoms with van der Waals surface area (Å²) in [6.07, 6.45) is 0.737. The Morgan fingerprint density at radius 2 is 1.80 bits per heavy atom. The van der Waals surface area contributed by atoms with Gasteiger partial charge in [-0.3, -0.25) is 4.79 Å². The number of nitrogens with zero attached hydrogens (tertiary/aromatic N) is 1. The molecule has 0 saturated heterocycles. The quantitative estimate of drug-likeness (QED) is 0.594. The van der Waals surface area contributed by atoms with E-state index < -0.39 is 0 Å². The van der Waals surface area contributed by atoms with Gasteiger partial charge in [0.1, 0.15) is 5.69 Å². The summed E-state index contributed by atoms with van der Waals surface area (Å²) in [5.74, 6) is 0. The van der Waals surface area contributed by atoms with E-state index >= 15 is 0 Å². The molecular formula is C12H10N2O. The number of hydrogen-bond donors (Lipinski definition) is 1. The number of anilines is 1. The van der Waals surface area contributed by atoms with E-state index in [4.69, 9.17) is 5.73 Å². The van der Waals surface area contributed by atoms with Crippen LogP contribution in [0.25, 0.3) is 11.3 Å².